The summed E-state index contributed by atoms with van der Waals surface area (Å²) in [5.74, 6) is -0.247. The van der Waals surface area contributed by atoms with Crippen molar-refractivity contribution in [2.45, 2.75) is 25.2 Å². The Kier molecular flexibility index (Phi) is 4.50. The molecule has 1 unspecified atom stereocenters. The smallest absolute Gasteiger partial charge is 0.317 e. The Labute approximate surface area is 96.6 Å². The maximum atomic E-state index is 12.0. The summed E-state index contributed by atoms with van der Waals surface area (Å²) >= 11 is 0. The summed E-state index contributed by atoms with van der Waals surface area (Å²) in [6, 6.07) is 9.61. The molecule has 1 rings (SSSR count). The van der Waals surface area contributed by atoms with Gasteiger partial charge >= 0.3 is 5.97 Å². The molecule has 0 amide bonds. The number of carbonyl (C=O) groups is 1. The van der Waals surface area contributed by atoms with Crippen LogP contribution in [0.3, 0.4) is 0 Å². The zero-order chi connectivity index (χ0) is 12.0. The lowest BCUT2D eigenvalue weighted by molar-refractivity contribution is -0.147. The first-order valence-corrected chi connectivity index (χ1v) is 5.55. The second-order valence-corrected chi connectivity index (χ2v) is 3.89. The number of hydrogen-bond acceptors (Lipinski definition) is 3. The molecular formula is C13H19NO2. The standard InChI is InChI=1S/C13H19NO2/c1-3-9-13(10-14,12(15)16-2)11-7-5-4-6-8-11/h4-8H,3,9-10,14H2,1-2H3. The van der Waals surface area contributed by atoms with Crippen molar-refractivity contribution in [1.82, 2.24) is 0 Å². The highest BCUT2D eigenvalue weighted by atomic mass is 16.5. The summed E-state index contributed by atoms with van der Waals surface area (Å²) < 4.78 is 4.89. The molecule has 0 saturated heterocycles. The number of hydrogen-bond donors (Lipinski definition) is 1. The number of ether oxygens (including phenoxy) is 1. The Hall–Kier alpha value is -1.35. The zero-order valence-corrected chi connectivity index (χ0v) is 9.90. The third-order valence-corrected chi connectivity index (χ3v) is 2.93. The van der Waals surface area contributed by atoms with Crippen LogP contribution in [0.15, 0.2) is 30.3 Å². The van der Waals surface area contributed by atoms with Crippen LogP contribution >= 0.6 is 0 Å². The minimum atomic E-state index is -0.690. The quantitative estimate of drug-likeness (QED) is 0.772. The third kappa shape index (κ3) is 2.25. The van der Waals surface area contributed by atoms with E-state index in [0.29, 0.717) is 6.42 Å². The molecule has 0 bridgehead atoms. The van der Waals surface area contributed by atoms with E-state index < -0.39 is 5.41 Å². The van der Waals surface area contributed by atoms with Crippen molar-refractivity contribution in [2.24, 2.45) is 5.73 Å². The molecule has 16 heavy (non-hydrogen) atoms. The Morgan fingerprint density at radius 2 is 2.00 bits per heavy atom. The van der Waals surface area contributed by atoms with Gasteiger partial charge in [0.25, 0.3) is 0 Å². The van der Waals surface area contributed by atoms with Gasteiger partial charge in [-0.15, -0.1) is 0 Å². The Bertz CT molecular complexity index is 337. The number of rotatable bonds is 5. The first-order valence-electron chi connectivity index (χ1n) is 5.55. The minimum Gasteiger partial charge on any atom is -0.468 e. The topological polar surface area (TPSA) is 52.3 Å². The van der Waals surface area contributed by atoms with E-state index in [-0.39, 0.29) is 12.5 Å². The molecule has 0 saturated carbocycles. The third-order valence-electron chi connectivity index (χ3n) is 2.93. The fraction of sp³-hybridized carbons (Fsp3) is 0.462. The van der Waals surface area contributed by atoms with Crippen LogP contribution in [0.25, 0.3) is 0 Å². The SMILES string of the molecule is CCCC(CN)(C(=O)OC)c1ccccc1. The van der Waals surface area contributed by atoms with Crippen molar-refractivity contribution in [3.05, 3.63) is 35.9 Å². The highest BCUT2D eigenvalue weighted by Crippen LogP contribution is 2.29. The summed E-state index contributed by atoms with van der Waals surface area (Å²) in [7, 11) is 1.41. The number of carbonyl (C=O) groups excluding carboxylic acids is 1. The minimum absolute atomic E-state index is 0.247. The van der Waals surface area contributed by atoms with Crippen molar-refractivity contribution >= 4 is 5.97 Å². The van der Waals surface area contributed by atoms with Crippen LogP contribution in [-0.2, 0) is 14.9 Å². The van der Waals surface area contributed by atoms with E-state index in [2.05, 4.69) is 0 Å². The van der Waals surface area contributed by atoms with Crippen LogP contribution in [0.1, 0.15) is 25.3 Å². The van der Waals surface area contributed by atoms with Gasteiger partial charge in [-0.05, 0) is 12.0 Å². The van der Waals surface area contributed by atoms with Gasteiger partial charge in [0, 0.05) is 6.54 Å². The maximum absolute atomic E-state index is 12.0. The lowest BCUT2D eigenvalue weighted by Gasteiger charge is -2.29. The Balaban J connectivity index is 3.17. The van der Waals surface area contributed by atoms with Crippen LogP contribution in [0, 0.1) is 0 Å². The first kappa shape index (κ1) is 12.7. The monoisotopic (exact) mass is 221 g/mol. The van der Waals surface area contributed by atoms with Gasteiger partial charge in [-0.3, -0.25) is 4.79 Å². The zero-order valence-electron chi connectivity index (χ0n) is 9.90. The average molecular weight is 221 g/mol. The van der Waals surface area contributed by atoms with Gasteiger partial charge < -0.3 is 10.5 Å². The first-order chi connectivity index (χ1) is 7.71. The van der Waals surface area contributed by atoms with Gasteiger partial charge in [0.15, 0.2) is 0 Å². The molecule has 1 aromatic carbocycles. The second kappa shape index (κ2) is 5.66. The second-order valence-electron chi connectivity index (χ2n) is 3.89. The van der Waals surface area contributed by atoms with E-state index in [0.717, 1.165) is 12.0 Å². The van der Waals surface area contributed by atoms with Crippen molar-refractivity contribution in [1.29, 1.82) is 0 Å². The maximum Gasteiger partial charge on any atom is 0.317 e. The van der Waals surface area contributed by atoms with Crippen molar-refractivity contribution in [2.75, 3.05) is 13.7 Å². The summed E-state index contributed by atoms with van der Waals surface area (Å²) in [6.45, 7) is 2.31. The summed E-state index contributed by atoms with van der Waals surface area (Å²) in [5, 5.41) is 0. The predicted octanol–water partition coefficient (Wildman–Crippen LogP) is 1.86. The highest BCUT2D eigenvalue weighted by molar-refractivity contribution is 5.83. The molecule has 1 atom stereocenters. The molecule has 88 valence electrons. The van der Waals surface area contributed by atoms with Crippen molar-refractivity contribution in [3.63, 3.8) is 0 Å². The molecule has 3 heteroatoms. The van der Waals surface area contributed by atoms with Gasteiger partial charge in [0.05, 0.1) is 7.11 Å². The molecule has 2 N–H and O–H groups in total. The largest absolute Gasteiger partial charge is 0.468 e. The van der Waals surface area contributed by atoms with Gasteiger partial charge in [0.2, 0.25) is 0 Å². The van der Waals surface area contributed by atoms with Crippen LogP contribution in [0.2, 0.25) is 0 Å². The molecule has 0 aliphatic carbocycles. The molecule has 0 aromatic heterocycles. The van der Waals surface area contributed by atoms with Crippen LogP contribution in [-0.4, -0.2) is 19.6 Å². The van der Waals surface area contributed by atoms with E-state index in [1.54, 1.807) is 0 Å². The van der Waals surface area contributed by atoms with E-state index in [9.17, 15) is 4.79 Å². The number of nitrogens with two attached hydrogens (primary N) is 1. The average Bonchev–Trinajstić information content (AvgIpc) is 2.36. The molecule has 0 aliphatic heterocycles. The van der Waals surface area contributed by atoms with E-state index >= 15 is 0 Å². The molecule has 0 spiro atoms. The fourth-order valence-corrected chi connectivity index (χ4v) is 2.05. The van der Waals surface area contributed by atoms with E-state index in [4.69, 9.17) is 10.5 Å². The number of benzene rings is 1. The Morgan fingerprint density at radius 3 is 2.44 bits per heavy atom. The lowest BCUT2D eigenvalue weighted by atomic mass is 9.77. The van der Waals surface area contributed by atoms with Gasteiger partial charge in [-0.2, -0.15) is 0 Å². The molecule has 0 radical (unpaired) electrons. The highest BCUT2D eigenvalue weighted by Gasteiger charge is 2.39. The van der Waals surface area contributed by atoms with Crippen molar-refractivity contribution in [3.8, 4) is 0 Å². The molecule has 3 nitrogen and oxygen atoms in total. The summed E-state index contributed by atoms with van der Waals surface area (Å²) in [6.07, 6.45) is 1.60. The van der Waals surface area contributed by atoms with Crippen molar-refractivity contribution < 1.29 is 9.53 Å². The van der Waals surface area contributed by atoms with Crippen LogP contribution in [0.4, 0.5) is 0 Å². The molecule has 0 heterocycles. The molecule has 0 fully saturated rings. The normalized spacial score (nSPS) is 14.2. The Morgan fingerprint density at radius 1 is 1.38 bits per heavy atom. The molecule has 0 aliphatic rings. The number of methoxy groups -OCH3 is 1. The van der Waals surface area contributed by atoms with Gasteiger partial charge in [-0.25, -0.2) is 0 Å². The molecular weight excluding hydrogens is 202 g/mol. The summed E-state index contributed by atoms with van der Waals surface area (Å²) in [5.41, 5.74) is 6.05. The van der Waals surface area contributed by atoms with Crippen LogP contribution < -0.4 is 5.73 Å². The van der Waals surface area contributed by atoms with Gasteiger partial charge in [0.1, 0.15) is 5.41 Å². The summed E-state index contributed by atoms with van der Waals surface area (Å²) in [4.78, 5) is 12.0. The predicted molar refractivity (Wildman–Crippen MR) is 64.1 cm³/mol. The molecule has 1 aromatic rings. The number of esters is 1. The van der Waals surface area contributed by atoms with Gasteiger partial charge in [-0.1, -0.05) is 43.7 Å². The van der Waals surface area contributed by atoms with E-state index in [1.807, 2.05) is 37.3 Å². The lowest BCUT2D eigenvalue weighted by Crippen LogP contribution is -2.43. The van der Waals surface area contributed by atoms with Crippen LogP contribution in [0.5, 0.6) is 0 Å². The fourth-order valence-electron chi connectivity index (χ4n) is 2.05. The van der Waals surface area contributed by atoms with E-state index in [1.165, 1.54) is 7.11 Å².